The van der Waals surface area contributed by atoms with Gasteiger partial charge >= 0.3 is 0 Å². The second-order valence-corrected chi connectivity index (χ2v) is 6.28. The van der Waals surface area contributed by atoms with E-state index in [0.717, 1.165) is 11.8 Å². The monoisotopic (exact) mass is 358 g/mol. The fraction of sp³-hybridized carbons (Fsp3) is 0.389. The van der Waals surface area contributed by atoms with Crippen LogP contribution in [0.1, 0.15) is 23.7 Å². The maximum Gasteiger partial charge on any atom is 0.252 e. The van der Waals surface area contributed by atoms with E-state index in [1.165, 1.54) is 7.11 Å². The van der Waals surface area contributed by atoms with E-state index in [4.69, 9.17) is 20.9 Å². The number of rotatable bonds is 6. The number of amides is 2. The molecule has 1 aliphatic rings. The molecule has 1 fully saturated rings. The van der Waals surface area contributed by atoms with E-state index >= 15 is 0 Å². The molecule has 1 aromatic heterocycles. The number of fused-ring (bicyclic) bond motifs is 1. The van der Waals surface area contributed by atoms with Crippen LogP contribution in [-0.2, 0) is 4.79 Å². The van der Waals surface area contributed by atoms with Crippen LogP contribution < -0.4 is 26.3 Å². The Morgan fingerprint density at radius 1 is 1.38 bits per heavy atom. The van der Waals surface area contributed by atoms with Crippen LogP contribution in [0, 0.1) is 5.92 Å². The van der Waals surface area contributed by atoms with Gasteiger partial charge in [0.1, 0.15) is 12.4 Å². The lowest BCUT2D eigenvalue weighted by Crippen LogP contribution is -2.35. The standard InChI is InChI=1S/C18H22N4O4/c1-3-10-13(22-17(24)15(10)19)8-26-18-11-7-14(25-2)12(16(20)23)6-9(11)4-5-21-18/h4-7,10,13,15H,3,8,19H2,1-2H3,(H2,20,23)(H,22,24)/t10-,13-,15+/m1/s1. The van der Waals surface area contributed by atoms with Crippen LogP contribution in [0.2, 0.25) is 0 Å². The number of primary amides is 1. The Morgan fingerprint density at radius 2 is 2.15 bits per heavy atom. The molecule has 2 heterocycles. The highest BCUT2D eigenvalue weighted by atomic mass is 16.5. The van der Waals surface area contributed by atoms with E-state index in [0.29, 0.717) is 17.0 Å². The Bertz CT molecular complexity index is 854. The molecule has 3 atom stereocenters. The molecule has 0 radical (unpaired) electrons. The van der Waals surface area contributed by atoms with Gasteiger partial charge in [-0.25, -0.2) is 4.98 Å². The second-order valence-electron chi connectivity index (χ2n) is 6.28. The Labute approximate surface area is 150 Å². The first-order chi connectivity index (χ1) is 12.5. The number of nitrogens with zero attached hydrogens (tertiary/aromatic N) is 1. The van der Waals surface area contributed by atoms with Crippen molar-refractivity contribution in [2.24, 2.45) is 17.4 Å². The van der Waals surface area contributed by atoms with E-state index < -0.39 is 11.9 Å². The zero-order chi connectivity index (χ0) is 18.8. The van der Waals surface area contributed by atoms with Crippen molar-refractivity contribution in [3.8, 4) is 11.6 Å². The van der Waals surface area contributed by atoms with Crippen molar-refractivity contribution in [2.75, 3.05) is 13.7 Å². The number of ether oxygens (including phenoxy) is 2. The lowest BCUT2D eigenvalue weighted by Gasteiger charge is -2.20. The fourth-order valence-electron chi connectivity index (χ4n) is 3.35. The normalized spacial score (nSPS) is 22.3. The molecule has 1 saturated heterocycles. The Kier molecular flexibility index (Phi) is 4.94. The predicted molar refractivity (Wildman–Crippen MR) is 96.0 cm³/mol. The second kappa shape index (κ2) is 7.17. The summed E-state index contributed by atoms with van der Waals surface area (Å²) in [5.74, 6) is 0.0147. The maximum atomic E-state index is 11.8. The van der Waals surface area contributed by atoms with Crippen LogP contribution in [0.5, 0.6) is 11.6 Å². The summed E-state index contributed by atoms with van der Waals surface area (Å²) in [5.41, 5.74) is 11.6. The molecule has 2 amide bonds. The van der Waals surface area contributed by atoms with Gasteiger partial charge in [0.25, 0.3) is 5.91 Å². The zero-order valence-electron chi connectivity index (χ0n) is 14.7. The van der Waals surface area contributed by atoms with Crippen molar-refractivity contribution in [3.05, 3.63) is 30.0 Å². The number of aromatic nitrogens is 1. The maximum absolute atomic E-state index is 11.8. The third-order valence-electron chi connectivity index (χ3n) is 4.79. The highest BCUT2D eigenvalue weighted by Crippen LogP contribution is 2.31. The number of methoxy groups -OCH3 is 1. The number of pyridine rings is 1. The highest BCUT2D eigenvalue weighted by Gasteiger charge is 2.39. The molecular formula is C18H22N4O4. The predicted octanol–water partition coefficient (Wildman–Crippen LogP) is 0.573. The minimum Gasteiger partial charge on any atom is -0.496 e. The summed E-state index contributed by atoms with van der Waals surface area (Å²) in [5, 5.41) is 4.31. The molecule has 3 rings (SSSR count). The first-order valence-electron chi connectivity index (χ1n) is 8.41. The lowest BCUT2D eigenvalue weighted by molar-refractivity contribution is -0.120. The van der Waals surface area contributed by atoms with E-state index in [1.807, 2.05) is 6.92 Å². The first kappa shape index (κ1) is 17.9. The van der Waals surface area contributed by atoms with E-state index in [2.05, 4.69) is 10.3 Å². The van der Waals surface area contributed by atoms with Gasteiger partial charge in [-0.3, -0.25) is 9.59 Å². The van der Waals surface area contributed by atoms with Crippen molar-refractivity contribution in [1.82, 2.24) is 10.3 Å². The SMILES string of the molecule is CC[C@H]1[C@H](N)C(=O)N[C@@H]1COc1nccc2cc(C(N)=O)c(OC)cc12. The summed E-state index contributed by atoms with van der Waals surface area (Å²) in [6, 6.07) is 4.39. The minimum atomic E-state index is -0.573. The zero-order valence-corrected chi connectivity index (χ0v) is 14.7. The van der Waals surface area contributed by atoms with Crippen molar-refractivity contribution in [3.63, 3.8) is 0 Å². The van der Waals surface area contributed by atoms with Gasteiger partial charge in [0.2, 0.25) is 11.8 Å². The largest absolute Gasteiger partial charge is 0.496 e. The third-order valence-corrected chi connectivity index (χ3v) is 4.79. The molecule has 2 aromatic rings. The van der Waals surface area contributed by atoms with Crippen molar-refractivity contribution >= 4 is 22.6 Å². The number of nitrogens with two attached hydrogens (primary N) is 2. The molecule has 5 N–H and O–H groups in total. The Hall–Kier alpha value is -2.87. The number of nitrogens with one attached hydrogen (secondary N) is 1. The number of benzene rings is 1. The molecule has 8 heteroatoms. The fourth-order valence-corrected chi connectivity index (χ4v) is 3.35. The average Bonchev–Trinajstić information content (AvgIpc) is 2.91. The smallest absolute Gasteiger partial charge is 0.252 e. The van der Waals surface area contributed by atoms with Crippen molar-refractivity contribution in [1.29, 1.82) is 0 Å². The van der Waals surface area contributed by atoms with E-state index in [-0.39, 0.29) is 30.0 Å². The van der Waals surface area contributed by atoms with Gasteiger partial charge in [-0.2, -0.15) is 0 Å². The topological polar surface area (TPSA) is 130 Å². The number of hydrogen-bond donors (Lipinski definition) is 3. The van der Waals surface area contributed by atoms with Gasteiger partial charge < -0.3 is 26.3 Å². The van der Waals surface area contributed by atoms with Gasteiger partial charge in [0, 0.05) is 17.5 Å². The molecule has 138 valence electrons. The lowest BCUT2D eigenvalue weighted by atomic mass is 9.94. The summed E-state index contributed by atoms with van der Waals surface area (Å²) in [6.07, 6.45) is 2.36. The first-order valence-corrected chi connectivity index (χ1v) is 8.41. The van der Waals surface area contributed by atoms with Crippen LogP contribution >= 0.6 is 0 Å². The summed E-state index contributed by atoms with van der Waals surface area (Å²) >= 11 is 0. The van der Waals surface area contributed by atoms with Gasteiger partial charge in [-0.15, -0.1) is 0 Å². The molecule has 0 spiro atoms. The van der Waals surface area contributed by atoms with Crippen molar-refractivity contribution in [2.45, 2.75) is 25.4 Å². The van der Waals surface area contributed by atoms with Gasteiger partial charge in [-0.1, -0.05) is 6.92 Å². The van der Waals surface area contributed by atoms with Crippen LogP contribution in [0.15, 0.2) is 24.4 Å². The van der Waals surface area contributed by atoms with Crippen LogP contribution in [-0.4, -0.2) is 42.6 Å². The number of carbonyl (C=O) groups excluding carboxylic acids is 2. The van der Waals surface area contributed by atoms with Gasteiger partial charge in [0.05, 0.1) is 24.8 Å². The van der Waals surface area contributed by atoms with Crippen molar-refractivity contribution < 1.29 is 19.1 Å². The molecule has 26 heavy (non-hydrogen) atoms. The summed E-state index contributed by atoms with van der Waals surface area (Å²) in [4.78, 5) is 27.6. The summed E-state index contributed by atoms with van der Waals surface area (Å²) in [7, 11) is 1.46. The third kappa shape index (κ3) is 3.15. The minimum absolute atomic E-state index is 0.00785. The number of hydrogen-bond acceptors (Lipinski definition) is 6. The van der Waals surface area contributed by atoms with Crippen LogP contribution in [0.25, 0.3) is 10.8 Å². The van der Waals surface area contributed by atoms with Gasteiger partial charge in [-0.05, 0) is 30.0 Å². The van der Waals surface area contributed by atoms with E-state index in [1.54, 1.807) is 24.4 Å². The molecule has 0 saturated carbocycles. The number of carbonyl (C=O) groups is 2. The molecule has 0 bridgehead atoms. The van der Waals surface area contributed by atoms with Crippen LogP contribution in [0.4, 0.5) is 0 Å². The molecule has 1 aliphatic heterocycles. The summed E-state index contributed by atoms with van der Waals surface area (Å²) < 4.78 is 11.1. The van der Waals surface area contributed by atoms with E-state index in [9.17, 15) is 9.59 Å². The Balaban J connectivity index is 1.89. The molecule has 1 aromatic carbocycles. The van der Waals surface area contributed by atoms with Gasteiger partial charge in [0.15, 0.2) is 0 Å². The molecule has 0 aliphatic carbocycles. The average molecular weight is 358 g/mol. The highest BCUT2D eigenvalue weighted by molar-refractivity contribution is 6.01. The Morgan fingerprint density at radius 3 is 2.81 bits per heavy atom. The molecular weight excluding hydrogens is 336 g/mol. The molecule has 0 unspecified atom stereocenters. The molecule has 8 nitrogen and oxygen atoms in total. The summed E-state index contributed by atoms with van der Waals surface area (Å²) in [6.45, 7) is 2.24. The van der Waals surface area contributed by atoms with Crippen LogP contribution in [0.3, 0.4) is 0 Å². The quantitative estimate of drug-likeness (QED) is 0.692.